The van der Waals surface area contributed by atoms with E-state index in [1.54, 1.807) is 9.12 Å². The van der Waals surface area contributed by atoms with Crippen LogP contribution in [-0.2, 0) is 4.57 Å². The van der Waals surface area contributed by atoms with E-state index in [-0.39, 0.29) is 24.8 Å². The molecule has 0 bridgehead atoms. The Morgan fingerprint density at radius 2 is 1.30 bits per heavy atom. The molecule has 0 amide bonds. The molecule has 0 unspecified atom stereocenters. The van der Waals surface area contributed by atoms with Gasteiger partial charge < -0.3 is 5.11 Å². The first-order chi connectivity index (χ1) is 3.56. The van der Waals surface area contributed by atoms with Gasteiger partial charge in [-0.15, -0.1) is 24.8 Å². The highest BCUT2D eigenvalue weighted by Gasteiger charge is 2.16. The van der Waals surface area contributed by atoms with Crippen LogP contribution in [0.4, 0.5) is 0 Å². The predicted octanol–water partition coefficient (Wildman–Crippen LogP) is 2.67. The van der Waals surface area contributed by atoms with E-state index in [1.165, 1.54) is 0 Å². The first-order valence-electron chi connectivity index (χ1n) is 1.44. The summed E-state index contributed by atoms with van der Waals surface area (Å²) in [5.41, 5.74) is 0. The zero-order valence-corrected chi connectivity index (χ0v) is 9.41. The van der Waals surface area contributed by atoms with Crippen LogP contribution in [0.1, 0.15) is 0 Å². The molecule has 0 aromatic rings. The second kappa shape index (κ2) is 13.1. The summed E-state index contributed by atoms with van der Waals surface area (Å²) in [6.07, 6.45) is 0. The lowest BCUT2D eigenvalue weighted by Gasteiger charge is -2.01. The van der Waals surface area contributed by atoms with Gasteiger partial charge in [-0.05, 0) is 0 Å². The van der Waals surface area contributed by atoms with Crippen molar-refractivity contribution in [1.29, 1.82) is 0 Å². The number of halogens is 5. The summed E-state index contributed by atoms with van der Waals surface area (Å²) in [5, 5.41) is 8.01. The van der Waals surface area contributed by atoms with Crippen molar-refractivity contribution < 1.29 is 9.67 Å². The fraction of sp³-hybridized carbons (Fsp3) is 1.00. The van der Waals surface area contributed by atoms with Crippen molar-refractivity contribution in [2.45, 2.75) is 3.79 Å². The van der Waals surface area contributed by atoms with Crippen LogP contribution in [0, 0.1) is 0 Å². The summed E-state index contributed by atoms with van der Waals surface area (Å²) < 4.78 is 6.57. The van der Waals surface area contributed by atoms with Crippen molar-refractivity contribution in [1.82, 2.24) is 0 Å². The van der Waals surface area contributed by atoms with E-state index in [9.17, 15) is 0 Å². The molecule has 10 heavy (non-hydrogen) atoms. The third-order valence-corrected chi connectivity index (χ3v) is 0.538. The first-order valence-corrected chi connectivity index (χ1v) is 2.98. The highest BCUT2D eigenvalue weighted by atomic mass is 35.6. The average molecular weight is 270 g/mol. The third kappa shape index (κ3) is 33.9. The molecule has 0 heterocycles. The number of hydrogen-bond acceptors (Lipinski definition) is 2. The van der Waals surface area contributed by atoms with E-state index in [2.05, 4.69) is 0 Å². The number of hydrogen-bond donors (Lipinski definition) is 1. The lowest BCUT2D eigenvalue weighted by molar-refractivity contribution is 0.303. The Kier molecular flexibility index (Phi) is 29.6. The monoisotopic (exact) mass is 268 g/mol. The van der Waals surface area contributed by atoms with E-state index in [4.69, 9.17) is 44.5 Å². The van der Waals surface area contributed by atoms with Crippen LogP contribution in [0.2, 0.25) is 0 Å². The molecule has 0 aromatic carbocycles. The van der Waals surface area contributed by atoms with Gasteiger partial charge in [0.2, 0.25) is 3.79 Å². The minimum Gasteiger partial charge on any atom is -0.392 e. The number of rotatable bonds is 0. The van der Waals surface area contributed by atoms with Crippen molar-refractivity contribution in [3.8, 4) is 0 Å². The van der Waals surface area contributed by atoms with Gasteiger partial charge in [-0.1, -0.05) is 34.8 Å². The van der Waals surface area contributed by atoms with Crippen LogP contribution in [0.3, 0.4) is 0 Å². The fourth-order valence-corrected chi connectivity index (χ4v) is 0. The summed E-state index contributed by atoms with van der Waals surface area (Å²) >= 11 is 15.0. The second-order valence-electron chi connectivity index (χ2n) is 0.773. The van der Waals surface area contributed by atoms with E-state index in [0.29, 0.717) is 0 Å². The Hall–Kier alpha value is 1.51. The second-order valence-corrected chi connectivity index (χ2v) is 3.29. The van der Waals surface area contributed by atoms with Gasteiger partial charge in [0.1, 0.15) is 9.12 Å². The van der Waals surface area contributed by atoms with E-state index in [0.717, 1.165) is 0 Å². The lowest BCUT2D eigenvalue weighted by atomic mass is 10.9. The van der Waals surface area contributed by atoms with Gasteiger partial charge in [-0.3, -0.25) is 4.57 Å². The van der Waals surface area contributed by atoms with Gasteiger partial charge >= 0.3 is 0 Å². The number of aliphatic hydroxyl groups excluding tert-OH is 1. The van der Waals surface area contributed by atoms with Gasteiger partial charge in [0.05, 0.1) is 6.61 Å². The molecule has 0 aliphatic heterocycles. The van der Waals surface area contributed by atoms with Crippen molar-refractivity contribution in [3.63, 3.8) is 0 Å². The maximum atomic E-state index is 8.06. The van der Waals surface area contributed by atoms with Crippen LogP contribution >= 0.6 is 68.7 Å². The van der Waals surface area contributed by atoms with Crippen molar-refractivity contribution in [2.75, 3.05) is 6.61 Å². The van der Waals surface area contributed by atoms with Crippen LogP contribution < -0.4 is 0 Å². The van der Waals surface area contributed by atoms with Crippen LogP contribution in [0.25, 0.3) is 0 Å². The number of alkyl halides is 3. The summed E-state index contributed by atoms with van der Waals surface area (Å²) in [6.45, 7) is -0.433. The van der Waals surface area contributed by atoms with Gasteiger partial charge in [0.25, 0.3) is 0 Å². The Labute approximate surface area is 88.7 Å². The van der Waals surface area contributed by atoms with Crippen LogP contribution in [0.5, 0.6) is 0 Å². The Balaban J connectivity index is -0.0000000412. The zero-order valence-electron chi connectivity index (χ0n) is 4.51. The quantitative estimate of drug-likeness (QED) is 0.543. The molecule has 0 rings (SSSR count). The van der Waals surface area contributed by atoms with E-state index in [1.807, 2.05) is 0 Å². The molecule has 8 heteroatoms. The number of aliphatic hydroxyl groups is 1. The molecule has 0 spiro atoms. The molecule has 0 aromatic heterocycles. The van der Waals surface area contributed by atoms with E-state index >= 15 is 0 Å². The maximum Gasteiger partial charge on any atom is 0.213 e. The average Bonchev–Trinajstić information content (AvgIpc) is 1.71. The highest BCUT2D eigenvalue weighted by Crippen LogP contribution is 2.23. The zero-order chi connectivity index (χ0) is 7.21. The Morgan fingerprint density at radius 3 is 1.30 bits per heavy atom. The largest absolute Gasteiger partial charge is 0.392 e. The normalized spacial score (nSPS) is 7.60. The molecule has 0 fully saturated rings. The first kappa shape index (κ1) is 22.5. The summed E-state index contributed by atoms with van der Waals surface area (Å²) in [4.78, 5) is 0. The smallest absolute Gasteiger partial charge is 0.213 e. The minimum absolute atomic E-state index is 0. The van der Waals surface area contributed by atoms with Gasteiger partial charge in [-0.2, -0.15) is 0 Å². The predicted molar refractivity (Wildman–Crippen MR) is 50.9 cm³/mol. The maximum absolute atomic E-state index is 8.06. The van der Waals surface area contributed by atoms with Gasteiger partial charge in [0, 0.05) is 0 Å². The molecule has 0 atom stereocenters. The summed E-state index contributed by atoms with van der Waals surface area (Å²) in [6, 6.07) is 0. The molecule has 0 saturated heterocycles. The Morgan fingerprint density at radius 1 is 1.20 bits per heavy atom. The van der Waals surface area contributed by atoms with Crippen LogP contribution in [0.15, 0.2) is 0 Å². The third-order valence-electron chi connectivity index (χ3n) is 0.179. The fourth-order valence-electron chi connectivity index (χ4n) is 0. The lowest BCUT2D eigenvalue weighted by Crippen LogP contribution is -2.06. The molecule has 0 saturated carbocycles. The molecule has 66 valence electrons. The van der Waals surface area contributed by atoms with Crippen molar-refractivity contribution >= 4 is 68.7 Å². The van der Waals surface area contributed by atoms with Gasteiger partial charge in [0.15, 0.2) is 0 Å². The van der Waals surface area contributed by atoms with E-state index < -0.39 is 10.4 Å². The SMILES string of the molecule is Cl.Cl.O=P.OCC(Cl)(Cl)Cl. The summed E-state index contributed by atoms with van der Waals surface area (Å²) in [5.74, 6) is 0. The molecule has 2 nitrogen and oxygen atoms in total. The Bertz CT molecular complexity index is 56.1. The minimum atomic E-state index is -1.49. The molecular formula is C2H6Cl5O2P. The van der Waals surface area contributed by atoms with Crippen molar-refractivity contribution in [2.24, 2.45) is 0 Å². The standard InChI is InChI=1S/C2H3Cl3O.2ClH.HOP/c3-2(4,5)1-6;;;1-2/h6H,1H2;2*1H;2H. The van der Waals surface area contributed by atoms with Crippen LogP contribution in [-0.4, -0.2) is 15.5 Å². The molecule has 1 N–H and O–H groups in total. The highest BCUT2D eigenvalue weighted by molar-refractivity contribution is 7.00. The topological polar surface area (TPSA) is 37.3 Å². The van der Waals surface area contributed by atoms with Gasteiger partial charge in [-0.25, -0.2) is 0 Å². The van der Waals surface area contributed by atoms with Crippen molar-refractivity contribution in [3.05, 3.63) is 0 Å². The molecular weight excluding hydrogens is 264 g/mol. The molecule has 0 radical (unpaired) electrons. The summed E-state index contributed by atoms with van der Waals surface area (Å²) in [7, 11) is 1.72. The molecule has 0 aliphatic carbocycles. The molecule has 0 aliphatic rings.